The lowest BCUT2D eigenvalue weighted by molar-refractivity contribution is -0.00234. The van der Waals surface area contributed by atoms with Crippen LogP contribution in [0.2, 0.25) is 0 Å². The first kappa shape index (κ1) is 65.6. The second kappa shape index (κ2) is 23.4. The highest BCUT2D eigenvalue weighted by Gasteiger charge is 2.64. The zero-order valence-electron chi connectivity index (χ0n) is 49.5. The van der Waals surface area contributed by atoms with Gasteiger partial charge in [-0.05, 0) is 201 Å². The van der Waals surface area contributed by atoms with Crippen LogP contribution in [0.3, 0.4) is 0 Å². The summed E-state index contributed by atoms with van der Waals surface area (Å²) in [5, 5.41) is 19.1. The van der Waals surface area contributed by atoms with Crippen LogP contribution in [0.4, 0.5) is 19.2 Å². The molecule has 3 heterocycles. The molecule has 3 fully saturated rings. The molecule has 18 nitrogen and oxygen atoms in total. The quantitative estimate of drug-likeness (QED) is 0.194. The van der Waals surface area contributed by atoms with Crippen LogP contribution in [0.1, 0.15) is 188 Å². The van der Waals surface area contributed by atoms with Crippen LogP contribution < -0.4 is 5.46 Å². The van der Waals surface area contributed by atoms with Gasteiger partial charge in [0, 0.05) is 4.47 Å². The molecule has 418 valence electrons. The summed E-state index contributed by atoms with van der Waals surface area (Å²) in [7, 11) is -1.59. The van der Waals surface area contributed by atoms with E-state index in [-0.39, 0.29) is 35.5 Å². The highest BCUT2D eigenvalue weighted by atomic mass is 79.9. The molecule has 3 aliphatic rings. The van der Waals surface area contributed by atoms with Crippen LogP contribution in [-0.2, 0) is 60.0 Å². The van der Waals surface area contributed by atoms with Gasteiger partial charge in [-0.3, -0.25) is 0 Å². The molecule has 0 saturated carbocycles. The zero-order chi connectivity index (χ0) is 58.8. The fraction of sp³-hybridized carbons (Fsp3) is 0.667. The smallest absolute Gasteiger partial charge is 0.443 e. The van der Waals surface area contributed by atoms with E-state index in [4.69, 9.17) is 46.9 Å². The molecule has 4 amide bonds. The Morgan fingerprint density at radius 3 is 1.01 bits per heavy atom. The molecule has 5 rings (SSSR count). The number of imide groups is 2. The Labute approximate surface area is 461 Å². The van der Waals surface area contributed by atoms with Crippen LogP contribution in [0.15, 0.2) is 40.9 Å². The average Bonchev–Trinajstić information content (AvgIpc) is 3.69. The van der Waals surface area contributed by atoms with Gasteiger partial charge in [0.2, 0.25) is 0 Å². The van der Waals surface area contributed by atoms with Crippen molar-refractivity contribution in [3.8, 4) is 12.1 Å². The summed E-state index contributed by atoms with van der Waals surface area (Å²) in [6.07, 6.45) is -3.35. The third-order valence-electron chi connectivity index (χ3n) is 12.8. The predicted molar refractivity (Wildman–Crippen MR) is 294 cm³/mol. The zero-order valence-corrected chi connectivity index (χ0v) is 51.1. The van der Waals surface area contributed by atoms with Crippen LogP contribution in [0.25, 0.3) is 0 Å². The lowest BCUT2D eigenvalue weighted by atomic mass is 9.49. The Bertz CT molecular complexity index is 2390. The third-order valence-corrected chi connectivity index (χ3v) is 13.3. The van der Waals surface area contributed by atoms with Crippen molar-refractivity contribution in [1.29, 1.82) is 10.5 Å². The fourth-order valence-corrected chi connectivity index (χ4v) is 7.13. The molecule has 0 aromatic heterocycles. The topological polar surface area (TPSA) is 215 Å². The fourth-order valence-electron chi connectivity index (χ4n) is 6.77. The normalized spacial score (nSPS) is 18.9. The van der Waals surface area contributed by atoms with Crippen LogP contribution in [-0.4, -0.2) is 111 Å². The summed E-state index contributed by atoms with van der Waals surface area (Å²) in [6, 6.07) is 14.3. The summed E-state index contributed by atoms with van der Waals surface area (Å²) in [5.74, 6) is 0. The number of amides is 4. The van der Waals surface area contributed by atoms with Crippen LogP contribution >= 0.6 is 15.9 Å². The van der Waals surface area contributed by atoms with Gasteiger partial charge in [0.1, 0.15) is 22.4 Å². The molecule has 0 radical (unpaired) electrons. The maximum atomic E-state index is 12.8. The number of halogens is 1. The molecule has 0 N–H and O–H groups in total. The third kappa shape index (κ3) is 17.9. The van der Waals surface area contributed by atoms with Gasteiger partial charge in [-0.1, -0.05) is 34.1 Å². The van der Waals surface area contributed by atoms with Crippen molar-refractivity contribution in [3.05, 3.63) is 63.1 Å². The minimum Gasteiger partial charge on any atom is -0.443 e. The molecule has 22 heteroatoms. The molecule has 2 aromatic rings. The lowest BCUT2D eigenvalue weighted by Gasteiger charge is -2.32. The lowest BCUT2D eigenvalue weighted by Crippen LogP contribution is -2.43. The van der Waals surface area contributed by atoms with Gasteiger partial charge in [0.15, 0.2) is 0 Å². The molecule has 3 saturated heterocycles. The van der Waals surface area contributed by atoms with Gasteiger partial charge in [0.05, 0.1) is 70.0 Å². The molecule has 0 bridgehead atoms. The standard InChI is InChI=1S/C24H35BN2O6.C18H23BrN2O4.C12H24B2O4/c1-21(2,3)30-19(28)27(20(29)31-22(4,5)6)15-16-11-12-18(13-17(16)14-26)25-32-23(7,8)24(9,10)33-25;1-17(2,3)24-15(22)21(16(23)25-18(4,5)6)11-12-7-8-14(19)9-13(12)10-20;1-9(2)10(3,4)16-13(15-9)14-17-11(5,6)12(7,8)18-14/h11-13H,15H2,1-10H3;7-9H,11H2,1-6H3;1-8H3. The number of carbonyl (C=O) groups excluding carboxylic acids is 4. The van der Waals surface area contributed by atoms with Crippen molar-refractivity contribution in [2.75, 3.05) is 0 Å². The first-order valence-corrected chi connectivity index (χ1v) is 26.1. The minimum atomic E-state index is -0.851. The Morgan fingerprint density at radius 2 is 0.737 bits per heavy atom. The van der Waals surface area contributed by atoms with Crippen molar-refractivity contribution < 1.29 is 66.1 Å². The molecule has 2 aromatic carbocycles. The second-order valence-electron chi connectivity index (χ2n) is 25.9. The Morgan fingerprint density at radius 1 is 0.474 bits per heavy atom. The van der Waals surface area contributed by atoms with E-state index in [2.05, 4.69) is 28.1 Å². The Kier molecular flexibility index (Phi) is 20.2. The molecule has 0 unspecified atom stereocenters. The van der Waals surface area contributed by atoms with Gasteiger partial charge in [0.25, 0.3) is 0 Å². The largest absolute Gasteiger partial charge is 0.494 e. The summed E-state index contributed by atoms with van der Waals surface area (Å²) in [5.41, 5.74) is -3.33. The van der Waals surface area contributed by atoms with Crippen molar-refractivity contribution in [2.24, 2.45) is 0 Å². The van der Waals surface area contributed by atoms with E-state index < -0.39 is 79.1 Å². The van der Waals surface area contributed by atoms with Gasteiger partial charge < -0.3 is 46.9 Å². The van der Waals surface area contributed by atoms with Gasteiger partial charge in [-0.2, -0.15) is 10.5 Å². The number of hydrogen-bond donors (Lipinski definition) is 0. The number of nitrogens with zero attached hydrogens (tertiary/aromatic N) is 4. The first-order chi connectivity index (χ1) is 34.1. The van der Waals surface area contributed by atoms with Crippen molar-refractivity contribution >= 4 is 66.9 Å². The van der Waals surface area contributed by atoms with Crippen molar-refractivity contribution in [2.45, 2.75) is 235 Å². The number of rotatable bonds is 6. The minimum absolute atomic E-state index is 0.125. The first-order valence-electron chi connectivity index (χ1n) is 25.3. The average molecular weight is 1120 g/mol. The molecular formula is C54H82B3BrN4O14. The molecule has 0 atom stereocenters. The predicted octanol–water partition coefficient (Wildman–Crippen LogP) is 11.8. The summed E-state index contributed by atoms with van der Waals surface area (Å²) >= 11 is 3.29. The van der Waals surface area contributed by atoms with E-state index in [1.807, 2.05) is 83.1 Å². The van der Waals surface area contributed by atoms with E-state index in [9.17, 15) is 29.7 Å². The van der Waals surface area contributed by atoms with E-state index in [0.717, 1.165) is 14.3 Å². The SMILES string of the molecule is CC(C)(C)OC(=O)N(Cc1ccc(B2OC(C)(C)C(C)(C)O2)cc1C#N)C(=O)OC(C)(C)C.CC(C)(C)OC(=O)N(Cc1ccc(Br)cc1C#N)C(=O)OC(C)(C)C.CC1(C)OB(B2OC(C)(C)C(C)(C)O2)OC1(C)C. The summed E-state index contributed by atoms with van der Waals surface area (Å²) in [6.45, 7) is 44.2. The van der Waals surface area contributed by atoms with Crippen molar-refractivity contribution in [1.82, 2.24) is 9.80 Å². The second-order valence-corrected chi connectivity index (χ2v) is 26.8. The number of benzene rings is 2. The summed E-state index contributed by atoms with van der Waals surface area (Å²) in [4.78, 5) is 52.2. The molecule has 76 heavy (non-hydrogen) atoms. The number of ether oxygens (including phenoxy) is 4. The number of hydrogen-bond acceptors (Lipinski definition) is 16. The summed E-state index contributed by atoms with van der Waals surface area (Å²) < 4.78 is 58.1. The molecular weight excluding hydrogens is 1040 g/mol. The molecule has 3 aliphatic heterocycles. The van der Waals surface area contributed by atoms with Crippen molar-refractivity contribution in [3.63, 3.8) is 0 Å². The maximum absolute atomic E-state index is 12.8. The van der Waals surface area contributed by atoms with E-state index in [1.165, 1.54) is 0 Å². The number of carbonyl (C=O) groups is 4. The van der Waals surface area contributed by atoms with Crippen LogP contribution in [0.5, 0.6) is 0 Å². The van der Waals surface area contributed by atoms with Crippen LogP contribution in [0, 0.1) is 22.7 Å². The van der Waals surface area contributed by atoms with Gasteiger partial charge in [-0.15, -0.1) is 0 Å². The highest BCUT2D eigenvalue weighted by Crippen LogP contribution is 2.43. The highest BCUT2D eigenvalue weighted by molar-refractivity contribution is 9.10. The monoisotopic (exact) mass is 1120 g/mol. The maximum Gasteiger partial charge on any atom is 0.494 e. The van der Waals surface area contributed by atoms with E-state index in [1.54, 1.807) is 119 Å². The van der Waals surface area contributed by atoms with E-state index >= 15 is 0 Å². The Balaban J connectivity index is 0.000000314. The molecule has 0 spiro atoms. The Hall–Kier alpha value is -4.67. The van der Waals surface area contributed by atoms with Gasteiger partial charge >= 0.3 is 45.5 Å². The van der Waals surface area contributed by atoms with Gasteiger partial charge in [-0.25, -0.2) is 29.0 Å². The molecule has 0 aliphatic carbocycles. The van der Waals surface area contributed by atoms with E-state index in [0.29, 0.717) is 27.7 Å². The number of nitriles is 2.